The lowest BCUT2D eigenvalue weighted by Crippen LogP contribution is -2.49. The van der Waals surface area contributed by atoms with Crippen molar-refractivity contribution in [3.63, 3.8) is 0 Å². The largest absolute Gasteiger partial charge is 0.340 e. The number of rotatable bonds is 4. The van der Waals surface area contributed by atoms with E-state index in [2.05, 4.69) is 10.6 Å². The Morgan fingerprint density at radius 2 is 1.96 bits per heavy atom. The third kappa shape index (κ3) is 6.64. The number of amides is 3. The van der Waals surface area contributed by atoms with E-state index in [0.717, 1.165) is 18.4 Å². The molecule has 1 fully saturated rings. The molecule has 1 heterocycles. The van der Waals surface area contributed by atoms with Crippen molar-refractivity contribution < 1.29 is 9.59 Å². The number of benzene rings is 1. The molecule has 0 aromatic heterocycles. The second-order valence-electron chi connectivity index (χ2n) is 5.40. The Labute approximate surface area is 147 Å². The predicted molar refractivity (Wildman–Crippen MR) is 92.7 cm³/mol. The van der Waals surface area contributed by atoms with Gasteiger partial charge in [-0.25, -0.2) is 4.79 Å². The van der Waals surface area contributed by atoms with Crippen LogP contribution in [0.2, 0.25) is 5.02 Å². The number of urea groups is 1. The zero-order valence-corrected chi connectivity index (χ0v) is 14.3. The molecule has 1 aliphatic rings. The van der Waals surface area contributed by atoms with Gasteiger partial charge in [0, 0.05) is 30.7 Å². The average molecular weight is 361 g/mol. The fourth-order valence-electron chi connectivity index (χ4n) is 2.35. The van der Waals surface area contributed by atoms with Crippen LogP contribution in [0, 0.1) is 0 Å². The number of nitrogens with zero attached hydrogens (tertiary/aromatic N) is 1. The summed E-state index contributed by atoms with van der Waals surface area (Å²) in [5, 5.41) is 5.92. The smallest absolute Gasteiger partial charge is 0.315 e. The van der Waals surface area contributed by atoms with Gasteiger partial charge in [0.1, 0.15) is 0 Å². The Balaban J connectivity index is 0.00000264. The van der Waals surface area contributed by atoms with Crippen molar-refractivity contribution in [1.82, 2.24) is 15.5 Å². The number of hydrogen-bond donors (Lipinski definition) is 3. The second-order valence-corrected chi connectivity index (χ2v) is 5.84. The SMILES string of the molecule is Cl.NC1CCCN(C(=O)CNC(=O)NCc2ccc(Cl)cc2)C1. The van der Waals surface area contributed by atoms with Gasteiger partial charge in [0.15, 0.2) is 0 Å². The summed E-state index contributed by atoms with van der Waals surface area (Å²) in [6.07, 6.45) is 1.86. The molecule has 23 heavy (non-hydrogen) atoms. The van der Waals surface area contributed by atoms with Crippen molar-refractivity contribution in [3.8, 4) is 0 Å². The van der Waals surface area contributed by atoms with Crippen LogP contribution in [0.3, 0.4) is 0 Å². The molecule has 0 saturated carbocycles. The summed E-state index contributed by atoms with van der Waals surface area (Å²) in [6.45, 7) is 1.64. The van der Waals surface area contributed by atoms with Gasteiger partial charge in [-0.2, -0.15) is 0 Å². The molecular formula is C15H22Cl2N4O2. The lowest BCUT2D eigenvalue weighted by molar-refractivity contribution is -0.131. The van der Waals surface area contributed by atoms with Gasteiger partial charge in [0.2, 0.25) is 5.91 Å². The van der Waals surface area contributed by atoms with Crippen LogP contribution in [0.1, 0.15) is 18.4 Å². The van der Waals surface area contributed by atoms with Gasteiger partial charge in [-0.05, 0) is 30.5 Å². The van der Waals surface area contributed by atoms with Crippen molar-refractivity contribution >= 4 is 35.9 Å². The molecule has 1 atom stereocenters. The quantitative estimate of drug-likeness (QED) is 0.760. The lowest BCUT2D eigenvalue weighted by Gasteiger charge is -2.30. The monoisotopic (exact) mass is 360 g/mol. The van der Waals surface area contributed by atoms with Crippen molar-refractivity contribution in [2.45, 2.75) is 25.4 Å². The van der Waals surface area contributed by atoms with Crippen molar-refractivity contribution in [3.05, 3.63) is 34.9 Å². The second kappa shape index (κ2) is 9.60. The molecule has 1 unspecified atom stereocenters. The summed E-state index contributed by atoms with van der Waals surface area (Å²) in [4.78, 5) is 25.4. The molecule has 2 rings (SSSR count). The number of carbonyl (C=O) groups excluding carboxylic acids is 2. The first kappa shape index (κ1) is 19.5. The third-order valence-electron chi connectivity index (χ3n) is 3.58. The number of piperidine rings is 1. The van der Waals surface area contributed by atoms with Crippen molar-refractivity contribution in [2.24, 2.45) is 5.73 Å². The Kier molecular flexibility index (Phi) is 8.16. The van der Waals surface area contributed by atoms with Gasteiger partial charge < -0.3 is 21.3 Å². The number of nitrogens with two attached hydrogens (primary N) is 1. The summed E-state index contributed by atoms with van der Waals surface area (Å²) >= 11 is 5.79. The summed E-state index contributed by atoms with van der Waals surface area (Å²) in [7, 11) is 0. The van der Waals surface area contributed by atoms with Crippen molar-refractivity contribution in [2.75, 3.05) is 19.6 Å². The molecule has 0 radical (unpaired) electrons. The van der Waals surface area contributed by atoms with Crippen LogP contribution in [-0.4, -0.2) is 42.5 Å². The summed E-state index contributed by atoms with van der Waals surface area (Å²) in [6, 6.07) is 6.87. The minimum atomic E-state index is -0.371. The minimum Gasteiger partial charge on any atom is -0.340 e. The number of hydrogen-bond acceptors (Lipinski definition) is 3. The molecule has 4 N–H and O–H groups in total. The molecule has 0 bridgehead atoms. The number of carbonyl (C=O) groups is 2. The standard InChI is InChI=1S/C15H21ClN4O2.ClH/c16-12-5-3-11(4-6-12)8-18-15(22)19-9-14(21)20-7-1-2-13(17)10-20;/h3-6,13H,1-2,7-10,17H2,(H2,18,19,22);1H. The lowest BCUT2D eigenvalue weighted by atomic mass is 10.1. The fourth-order valence-corrected chi connectivity index (χ4v) is 2.48. The van der Waals surface area contributed by atoms with Crippen LogP contribution in [0.4, 0.5) is 4.79 Å². The molecule has 1 aromatic rings. The van der Waals surface area contributed by atoms with E-state index in [0.29, 0.717) is 24.7 Å². The number of halogens is 2. The topological polar surface area (TPSA) is 87.5 Å². The summed E-state index contributed by atoms with van der Waals surface area (Å²) < 4.78 is 0. The van der Waals surface area contributed by atoms with Crippen molar-refractivity contribution in [1.29, 1.82) is 0 Å². The maximum atomic E-state index is 12.0. The molecule has 1 saturated heterocycles. The van der Waals surface area contributed by atoms with Gasteiger partial charge in [-0.1, -0.05) is 23.7 Å². The van der Waals surface area contributed by atoms with E-state index < -0.39 is 0 Å². The first-order valence-corrected chi connectivity index (χ1v) is 7.72. The van der Waals surface area contributed by atoms with Crippen LogP contribution < -0.4 is 16.4 Å². The van der Waals surface area contributed by atoms with Crippen LogP contribution in [0.15, 0.2) is 24.3 Å². The third-order valence-corrected chi connectivity index (χ3v) is 3.83. The fraction of sp³-hybridized carbons (Fsp3) is 0.467. The molecule has 1 aromatic carbocycles. The molecular weight excluding hydrogens is 339 g/mol. The van der Waals surface area contributed by atoms with Gasteiger partial charge in [-0.3, -0.25) is 4.79 Å². The Bertz CT molecular complexity index is 525. The molecule has 128 valence electrons. The first-order chi connectivity index (χ1) is 10.5. The zero-order chi connectivity index (χ0) is 15.9. The van der Waals surface area contributed by atoms with Crippen LogP contribution in [-0.2, 0) is 11.3 Å². The van der Waals surface area contributed by atoms with Crippen LogP contribution in [0.25, 0.3) is 0 Å². The number of likely N-dealkylation sites (tertiary alicyclic amines) is 1. The Hall–Kier alpha value is -1.50. The van der Waals surface area contributed by atoms with E-state index in [9.17, 15) is 9.59 Å². The normalized spacial score (nSPS) is 17.1. The highest BCUT2D eigenvalue weighted by Crippen LogP contribution is 2.09. The van der Waals surface area contributed by atoms with E-state index in [4.69, 9.17) is 17.3 Å². The van der Waals surface area contributed by atoms with E-state index in [-0.39, 0.29) is 36.9 Å². The molecule has 3 amide bonds. The van der Waals surface area contributed by atoms with Crippen LogP contribution in [0.5, 0.6) is 0 Å². The van der Waals surface area contributed by atoms with Gasteiger partial charge in [0.05, 0.1) is 6.54 Å². The summed E-state index contributed by atoms with van der Waals surface area (Å²) in [5.74, 6) is -0.100. The highest BCUT2D eigenvalue weighted by atomic mass is 35.5. The van der Waals surface area contributed by atoms with Gasteiger partial charge in [0.25, 0.3) is 0 Å². The van der Waals surface area contributed by atoms with Gasteiger partial charge >= 0.3 is 6.03 Å². The predicted octanol–water partition coefficient (Wildman–Crippen LogP) is 1.51. The van der Waals surface area contributed by atoms with E-state index in [1.807, 2.05) is 12.1 Å². The summed E-state index contributed by atoms with van der Waals surface area (Å²) in [5.41, 5.74) is 6.78. The maximum Gasteiger partial charge on any atom is 0.315 e. The highest BCUT2D eigenvalue weighted by molar-refractivity contribution is 6.30. The van der Waals surface area contributed by atoms with E-state index in [1.165, 1.54) is 0 Å². The minimum absolute atomic E-state index is 0. The zero-order valence-electron chi connectivity index (χ0n) is 12.8. The maximum absolute atomic E-state index is 12.0. The highest BCUT2D eigenvalue weighted by Gasteiger charge is 2.21. The average Bonchev–Trinajstić information content (AvgIpc) is 2.52. The van der Waals surface area contributed by atoms with E-state index in [1.54, 1.807) is 17.0 Å². The molecule has 1 aliphatic heterocycles. The number of nitrogens with one attached hydrogen (secondary N) is 2. The van der Waals surface area contributed by atoms with E-state index >= 15 is 0 Å². The first-order valence-electron chi connectivity index (χ1n) is 7.34. The molecule has 0 aliphatic carbocycles. The van der Waals surface area contributed by atoms with Gasteiger partial charge in [-0.15, -0.1) is 12.4 Å². The Morgan fingerprint density at radius 1 is 1.26 bits per heavy atom. The molecule has 8 heteroatoms. The van der Waals surface area contributed by atoms with Crippen LogP contribution >= 0.6 is 24.0 Å². The molecule has 6 nitrogen and oxygen atoms in total. The molecule has 0 spiro atoms. The Morgan fingerprint density at radius 3 is 2.61 bits per heavy atom.